The summed E-state index contributed by atoms with van der Waals surface area (Å²) in [5.74, 6) is -0.218. The zero-order valence-corrected chi connectivity index (χ0v) is 9.86. The van der Waals surface area contributed by atoms with Crippen LogP contribution in [0.15, 0.2) is 30.3 Å². The second-order valence-electron chi connectivity index (χ2n) is 3.89. The second-order valence-corrected chi connectivity index (χ2v) is 3.89. The molecule has 0 aliphatic heterocycles. The number of anilines is 1. The van der Waals surface area contributed by atoms with Gasteiger partial charge in [-0.3, -0.25) is 4.79 Å². The molecule has 3 nitrogen and oxygen atoms in total. The third kappa shape index (κ3) is 4.34. The monoisotopic (exact) mass is 220 g/mol. The number of rotatable bonds is 7. The Bertz CT molecular complexity index is 311. The lowest BCUT2D eigenvalue weighted by molar-refractivity contribution is -0.118. The van der Waals surface area contributed by atoms with E-state index in [0.717, 1.165) is 25.9 Å². The predicted octanol–water partition coefficient (Wildman–Crippen LogP) is 2.17. The van der Waals surface area contributed by atoms with Gasteiger partial charge in [-0.25, -0.2) is 0 Å². The molecule has 0 spiro atoms. The quantitative estimate of drug-likeness (QED) is 0.765. The molecule has 0 aromatic heterocycles. The van der Waals surface area contributed by atoms with Gasteiger partial charge in [0.25, 0.3) is 0 Å². The molecule has 0 aliphatic carbocycles. The lowest BCUT2D eigenvalue weighted by Gasteiger charge is -2.24. The Morgan fingerprint density at radius 3 is 2.50 bits per heavy atom. The first-order valence-electron chi connectivity index (χ1n) is 5.82. The fourth-order valence-electron chi connectivity index (χ4n) is 1.72. The number of carbonyl (C=O) groups is 1. The molecule has 0 unspecified atom stereocenters. The van der Waals surface area contributed by atoms with E-state index in [1.54, 1.807) is 0 Å². The van der Waals surface area contributed by atoms with E-state index in [2.05, 4.69) is 24.0 Å². The van der Waals surface area contributed by atoms with Crippen molar-refractivity contribution in [2.24, 2.45) is 5.73 Å². The Labute approximate surface area is 97.2 Å². The van der Waals surface area contributed by atoms with Crippen molar-refractivity contribution in [3.05, 3.63) is 30.3 Å². The van der Waals surface area contributed by atoms with E-state index < -0.39 is 0 Å². The van der Waals surface area contributed by atoms with Gasteiger partial charge in [-0.1, -0.05) is 25.1 Å². The van der Waals surface area contributed by atoms with Crippen molar-refractivity contribution in [1.82, 2.24) is 0 Å². The minimum atomic E-state index is -0.218. The number of carbonyl (C=O) groups excluding carboxylic acids is 1. The highest BCUT2D eigenvalue weighted by Gasteiger charge is 2.05. The molecule has 88 valence electrons. The Balaban J connectivity index is 2.51. The highest BCUT2D eigenvalue weighted by molar-refractivity contribution is 5.73. The van der Waals surface area contributed by atoms with E-state index in [9.17, 15) is 4.79 Å². The summed E-state index contributed by atoms with van der Waals surface area (Å²) in [6.07, 6.45) is 2.39. The van der Waals surface area contributed by atoms with Gasteiger partial charge < -0.3 is 10.6 Å². The molecule has 1 rings (SSSR count). The van der Waals surface area contributed by atoms with Gasteiger partial charge in [0.2, 0.25) is 5.91 Å². The van der Waals surface area contributed by atoms with Crippen LogP contribution in [0.4, 0.5) is 5.69 Å². The normalized spacial score (nSPS) is 10.1. The molecule has 1 aromatic carbocycles. The lowest BCUT2D eigenvalue weighted by Crippen LogP contribution is -2.26. The van der Waals surface area contributed by atoms with Gasteiger partial charge in [0.1, 0.15) is 0 Å². The largest absolute Gasteiger partial charge is 0.372 e. The molecule has 0 saturated carbocycles. The Morgan fingerprint density at radius 2 is 1.94 bits per heavy atom. The van der Waals surface area contributed by atoms with Gasteiger partial charge >= 0.3 is 0 Å². The molecule has 2 N–H and O–H groups in total. The summed E-state index contributed by atoms with van der Waals surface area (Å²) in [5.41, 5.74) is 6.35. The Kier molecular flexibility index (Phi) is 5.40. The maximum absolute atomic E-state index is 10.7. The van der Waals surface area contributed by atoms with Crippen LogP contribution >= 0.6 is 0 Å². The van der Waals surface area contributed by atoms with Crippen LogP contribution in [-0.2, 0) is 4.79 Å². The summed E-state index contributed by atoms with van der Waals surface area (Å²) < 4.78 is 0. The molecular formula is C13H20N2O. The minimum Gasteiger partial charge on any atom is -0.372 e. The summed E-state index contributed by atoms with van der Waals surface area (Å²) in [6.45, 7) is 4.06. The Hall–Kier alpha value is -1.51. The molecule has 0 heterocycles. The van der Waals surface area contributed by atoms with Crippen molar-refractivity contribution in [2.75, 3.05) is 18.0 Å². The van der Waals surface area contributed by atoms with E-state index >= 15 is 0 Å². The van der Waals surface area contributed by atoms with E-state index in [4.69, 9.17) is 5.73 Å². The molecule has 0 saturated heterocycles. The lowest BCUT2D eigenvalue weighted by atomic mass is 10.2. The predicted molar refractivity (Wildman–Crippen MR) is 67.4 cm³/mol. The zero-order chi connectivity index (χ0) is 11.8. The van der Waals surface area contributed by atoms with E-state index in [1.807, 2.05) is 18.2 Å². The highest BCUT2D eigenvalue weighted by atomic mass is 16.1. The average molecular weight is 220 g/mol. The molecule has 0 bridgehead atoms. The van der Waals surface area contributed by atoms with E-state index in [-0.39, 0.29) is 5.91 Å². The van der Waals surface area contributed by atoms with Gasteiger partial charge in [-0.2, -0.15) is 0 Å². The van der Waals surface area contributed by atoms with Crippen LogP contribution in [-0.4, -0.2) is 19.0 Å². The van der Waals surface area contributed by atoms with Gasteiger partial charge in [0.15, 0.2) is 0 Å². The van der Waals surface area contributed by atoms with Gasteiger partial charge in [-0.05, 0) is 25.0 Å². The van der Waals surface area contributed by atoms with Crippen molar-refractivity contribution in [1.29, 1.82) is 0 Å². The number of nitrogens with zero attached hydrogens (tertiary/aromatic N) is 1. The summed E-state index contributed by atoms with van der Waals surface area (Å²) in [5, 5.41) is 0. The third-order valence-corrected chi connectivity index (χ3v) is 2.47. The average Bonchev–Trinajstić information content (AvgIpc) is 2.29. The first-order valence-corrected chi connectivity index (χ1v) is 5.82. The molecule has 0 atom stereocenters. The second kappa shape index (κ2) is 6.88. The van der Waals surface area contributed by atoms with Crippen molar-refractivity contribution in [2.45, 2.75) is 26.2 Å². The molecule has 3 heteroatoms. The van der Waals surface area contributed by atoms with Crippen molar-refractivity contribution >= 4 is 11.6 Å². The van der Waals surface area contributed by atoms with Crippen LogP contribution in [0.2, 0.25) is 0 Å². The first kappa shape index (κ1) is 12.6. The molecule has 0 fully saturated rings. The molecule has 0 radical (unpaired) electrons. The van der Waals surface area contributed by atoms with E-state index in [1.165, 1.54) is 5.69 Å². The first-order chi connectivity index (χ1) is 7.74. The van der Waals surface area contributed by atoms with Crippen molar-refractivity contribution in [3.63, 3.8) is 0 Å². The van der Waals surface area contributed by atoms with Gasteiger partial charge in [-0.15, -0.1) is 0 Å². The molecule has 0 aliphatic rings. The maximum atomic E-state index is 10.7. The number of amides is 1. The fraction of sp³-hybridized carbons (Fsp3) is 0.462. The third-order valence-electron chi connectivity index (χ3n) is 2.47. The molecule has 16 heavy (non-hydrogen) atoms. The Morgan fingerprint density at radius 1 is 1.25 bits per heavy atom. The summed E-state index contributed by atoms with van der Waals surface area (Å²) in [7, 11) is 0. The van der Waals surface area contributed by atoms with Gasteiger partial charge in [0.05, 0.1) is 0 Å². The topological polar surface area (TPSA) is 46.3 Å². The van der Waals surface area contributed by atoms with Crippen LogP contribution in [0.1, 0.15) is 26.2 Å². The standard InChI is InChI=1S/C13H20N2O/c1-2-10-15(11-6-9-13(14)16)12-7-4-3-5-8-12/h3-5,7-8H,2,6,9-11H2,1H3,(H2,14,16). The maximum Gasteiger partial charge on any atom is 0.217 e. The number of nitrogens with two attached hydrogens (primary N) is 1. The number of benzene rings is 1. The van der Waals surface area contributed by atoms with Gasteiger partial charge in [0, 0.05) is 25.2 Å². The van der Waals surface area contributed by atoms with Crippen molar-refractivity contribution < 1.29 is 4.79 Å². The summed E-state index contributed by atoms with van der Waals surface area (Å²) >= 11 is 0. The van der Waals surface area contributed by atoms with Crippen LogP contribution in [0.5, 0.6) is 0 Å². The van der Waals surface area contributed by atoms with Crippen LogP contribution in [0.3, 0.4) is 0 Å². The summed E-state index contributed by atoms with van der Waals surface area (Å²) in [4.78, 5) is 13.0. The zero-order valence-electron chi connectivity index (χ0n) is 9.86. The van der Waals surface area contributed by atoms with Crippen LogP contribution in [0, 0.1) is 0 Å². The molecule has 1 aromatic rings. The molecule has 1 amide bonds. The number of hydrogen-bond acceptors (Lipinski definition) is 2. The summed E-state index contributed by atoms with van der Waals surface area (Å²) in [6, 6.07) is 10.3. The van der Waals surface area contributed by atoms with Crippen LogP contribution < -0.4 is 10.6 Å². The number of para-hydroxylation sites is 1. The molecular weight excluding hydrogens is 200 g/mol. The fourth-order valence-corrected chi connectivity index (χ4v) is 1.72. The number of primary amides is 1. The van der Waals surface area contributed by atoms with Crippen LogP contribution in [0.25, 0.3) is 0 Å². The number of hydrogen-bond donors (Lipinski definition) is 1. The smallest absolute Gasteiger partial charge is 0.217 e. The highest BCUT2D eigenvalue weighted by Crippen LogP contribution is 2.14. The minimum absolute atomic E-state index is 0.218. The van der Waals surface area contributed by atoms with Crippen molar-refractivity contribution in [3.8, 4) is 0 Å². The van der Waals surface area contributed by atoms with E-state index in [0.29, 0.717) is 6.42 Å². The SMILES string of the molecule is CCCN(CCCC(N)=O)c1ccccc1.